The average Bonchev–Trinajstić information content (AvgIpc) is 2.32. The number of phenols is 1. The fourth-order valence-corrected chi connectivity index (χ4v) is 1.85. The SMILES string of the molecule is Oc1ccc(F)cc1CNC1CCOCC1. The predicted molar refractivity (Wildman–Crippen MR) is 58.7 cm³/mol. The van der Waals surface area contributed by atoms with Gasteiger partial charge in [0.1, 0.15) is 11.6 Å². The number of hydrogen-bond acceptors (Lipinski definition) is 3. The van der Waals surface area contributed by atoms with Gasteiger partial charge in [0.05, 0.1) is 0 Å². The Kier molecular flexibility index (Phi) is 3.74. The summed E-state index contributed by atoms with van der Waals surface area (Å²) < 4.78 is 18.2. The van der Waals surface area contributed by atoms with E-state index in [9.17, 15) is 9.50 Å². The van der Waals surface area contributed by atoms with Gasteiger partial charge in [0.2, 0.25) is 0 Å². The van der Waals surface area contributed by atoms with E-state index >= 15 is 0 Å². The molecule has 1 aliphatic heterocycles. The summed E-state index contributed by atoms with van der Waals surface area (Å²) in [6.45, 7) is 2.04. The van der Waals surface area contributed by atoms with E-state index in [2.05, 4.69) is 5.32 Å². The van der Waals surface area contributed by atoms with Crippen molar-refractivity contribution < 1.29 is 14.2 Å². The molecule has 0 aliphatic carbocycles. The largest absolute Gasteiger partial charge is 0.508 e. The molecule has 0 saturated carbocycles. The fraction of sp³-hybridized carbons (Fsp3) is 0.500. The zero-order chi connectivity index (χ0) is 11.4. The molecule has 1 heterocycles. The minimum atomic E-state index is -0.318. The average molecular weight is 225 g/mol. The van der Waals surface area contributed by atoms with Gasteiger partial charge in [-0.15, -0.1) is 0 Å². The molecule has 2 N–H and O–H groups in total. The van der Waals surface area contributed by atoms with Crippen LogP contribution in [0.3, 0.4) is 0 Å². The summed E-state index contributed by atoms with van der Waals surface area (Å²) in [6.07, 6.45) is 1.94. The van der Waals surface area contributed by atoms with Gasteiger partial charge in [-0.05, 0) is 31.0 Å². The van der Waals surface area contributed by atoms with Gasteiger partial charge >= 0.3 is 0 Å². The molecule has 1 aliphatic rings. The number of aromatic hydroxyl groups is 1. The van der Waals surface area contributed by atoms with Crippen molar-refractivity contribution in [1.82, 2.24) is 5.32 Å². The predicted octanol–water partition coefficient (Wildman–Crippen LogP) is 1.80. The van der Waals surface area contributed by atoms with Crippen molar-refractivity contribution >= 4 is 0 Å². The lowest BCUT2D eigenvalue weighted by Gasteiger charge is -2.23. The maximum absolute atomic E-state index is 13.0. The summed E-state index contributed by atoms with van der Waals surface area (Å²) in [5, 5.41) is 12.8. The van der Waals surface area contributed by atoms with Gasteiger partial charge < -0.3 is 15.2 Å². The van der Waals surface area contributed by atoms with Crippen LogP contribution in [0.2, 0.25) is 0 Å². The Hall–Kier alpha value is -1.13. The van der Waals surface area contributed by atoms with Gasteiger partial charge in [-0.1, -0.05) is 0 Å². The van der Waals surface area contributed by atoms with Crippen molar-refractivity contribution in [2.75, 3.05) is 13.2 Å². The highest BCUT2D eigenvalue weighted by Crippen LogP contribution is 2.18. The molecule has 3 nitrogen and oxygen atoms in total. The second-order valence-corrected chi connectivity index (χ2v) is 4.04. The van der Waals surface area contributed by atoms with E-state index in [1.807, 2.05) is 0 Å². The van der Waals surface area contributed by atoms with Crippen molar-refractivity contribution in [2.45, 2.75) is 25.4 Å². The Balaban J connectivity index is 1.90. The molecule has 16 heavy (non-hydrogen) atoms. The number of benzene rings is 1. The van der Waals surface area contributed by atoms with E-state index in [0.29, 0.717) is 18.2 Å². The van der Waals surface area contributed by atoms with E-state index in [1.54, 1.807) is 0 Å². The first-order chi connectivity index (χ1) is 7.75. The standard InChI is InChI=1S/C12H16FNO2/c13-10-1-2-12(15)9(7-10)8-14-11-3-5-16-6-4-11/h1-2,7,11,14-15H,3-6,8H2. The van der Waals surface area contributed by atoms with Crippen LogP contribution in [0.4, 0.5) is 4.39 Å². The number of halogens is 1. The van der Waals surface area contributed by atoms with Crippen LogP contribution in [0.25, 0.3) is 0 Å². The Bertz CT molecular complexity index is 351. The summed E-state index contributed by atoms with van der Waals surface area (Å²) in [5.41, 5.74) is 0.603. The molecule has 88 valence electrons. The van der Waals surface area contributed by atoms with E-state index in [-0.39, 0.29) is 11.6 Å². The highest BCUT2D eigenvalue weighted by Gasteiger charge is 2.13. The molecule has 0 bridgehead atoms. The number of phenolic OH excluding ortho intramolecular Hbond substituents is 1. The van der Waals surface area contributed by atoms with Gasteiger partial charge in [-0.2, -0.15) is 0 Å². The lowest BCUT2D eigenvalue weighted by atomic mass is 10.1. The Morgan fingerprint density at radius 3 is 2.88 bits per heavy atom. The van der Waals surface area contributed by atoms with Crippen LogP contribution in [0.1, 0.15) is 18.4 Å². The maximum atomic E-state index is 13.0. The van der Waals surface area contributed by atoms with Crippen LogP contribution in [-0.4, -0.2) is 24.4 Å². The molecule has 1 aromatic rings. The minimum absolute atomic E-state index is 0.140. The summed E-state index contributed by atoms with van der Waals surface area (Å²) >= 11 is 0. The fourth-order valence-electron chi connectivity index (χ4n) is 1.85. The molecule has 4 heteroatoms. The molecule has 1 fully saturated rings. The number of rotatable bonds is 3. The van der Waals surface area contributed by atoms with Crippen molar-refractivity contribution in [2.24, 2.45) is 0 Å². The topological polar surface area (TPSA) is 41.5 Å². The summed E-state index contributed by atoms with van der Waals surface area (Å²) in [7, 11) is 0. The Labute approximate surface area is 94.2 Å². The number of nitrogens with one attached hydrogen (secondary N) is 1. The molecular formula is C12H16FNO2. The van der Waals surface area contributed by atoms with Gasteiger partial charge in [0.25, 0.3) is 0 Å². The van der Waals surface area contributed by atoms with Crippen LogP contribution in [0.5, 0.6) is 5.75 Å². The van der Waals surface area contributed by atoms with Crippen LogP contribution in [0, 0.1) is 5.82 Å². The molecular weight excluding hydrogens is 209 g/mol. The van der Waals surface area contributed by atoms with Gasteiger partial charge in [0, 0.05) is 31.4 Å². The first kappa shape index (κ1) is 11.4. The first-order valence-corrected chi connectivity index (χ1v) is 5.54. The van der Waals surface area contributed by atoms with Crippen molar-refractivity contribution in [3.05, 3.63) is 29.6 Å². The highest BCUT2D eigenvalue weighted by atomic mass is 19.1. The van der Waals surface area contributed by atoms with Crippen LogP contribution < -0.4 is 5.32 Å². The third kappa shape index (κ3) is 2.93. The van der Waals surface area contributed by atoms with Gasteiger partial charge in [-0.3, -0.25) is 0 Å². The highest BCUT2D eigenvalue weighted by molar-refractivity contribution is 5.32. The third-order valence-electron chi connectivity index (χ3n) is 2.84. The van der Waals surface area contributed by atoms with Crippen molar-refractivity contribution in [3.8, 4) is 5.75 Å². The monoisotopic (exact) mass is 225 g/mol. The van der Waals surface area contributed by atoms with Crippen molar-refractivity contribution in [1.29, 1.82) is 0 Å². The Morgan fingerprint density at radius 2 is 2.12 bits per heavy atom. The number of hydrogen-bond donors (Lipinski definition) is 2. The van der Waals surface area contributed by atoms with Crippen LogP contribution in [-0.2, 0) is 11.3 Å². The molecule has 0 aromatic heterocycles. The molecule has 0 spiro atoms. The van der Waals surface area contributed by atoms with Gasteiger partial charge in [0.15, 0.2) is 0 Å². The molecule has 0 atom stereocenters. The molecule has 0 unspecified atom stereocenters. The molecule has 2 rings (SSSR count). The summed E-state index contributed by atoms with van der Waals surface area (Å²) in [6, 6.07) is 4.40. The third-order valence-corrected chi connectivity index (χ3v) is 2.84. The zero-order valence-corrected chi connectivity index (χ0v) is 9.08. The summed E-state index contributed by atoms with van der Waals surface area (Å²) in [4.78, 5) is 0. The van der Waals surface area contributed by atoms with E-state index in [1.165, 1.54) is 18.2 Å². The van der Waals surface area contributed by atoms with Gasteiger partial charge in [-0.25, -0.2) is 4.39 Å². The quantitative estimate of drug-likeness (QED) is 0.824. The van der Waals surface area contributed by atoms with E-state index in [0.717, 1.165) is 26.1 Å². The lowest BCUT2D eigenvalue weighted by Crippen LogP contribution is -2.34. The van der Waals surface area contributed by atoms with E-state index in [4.69, 9.17) is 4.74 Å². The molecule has 1 saturated heterocycles. The minimum Gasteiger partial charge on any atom is -0.508 e. The molecule has 0 amide bonds. The molecule has 1 aromatic carbocycles. The van der Waals surface area contributed by atoms with E-state index < -0.39 is 0 Å². The smallest absolute Gasteiger partial charge is 0.123 e. The Morgan fingerprint density at radius 1 is 1.38 bits per heavy atom. The lowest BCUT2D eigenvalue weighted by molar-refractivity contribution is 0.0775. The molecule has 0 radical (unpaired) electrons. The van der Waals surface area contributed by atoms with Crippen LogP contribution in [0.15, 0.2) is 18.2 Å². The normalized spacial score (nSPS) is 17.6. The second-order valence-electron chi connectivity index (χ2n) is 4.04. The maximum Gasteiger partial charge on any atom is 0.123 e. The first-order valence-electron chi connectivity index (χ1n) is 5.54. The van der Waals surface area contributed by atoms with Crippen molar-refractivity contribution in [3.63, 3.8) is 0 Å². The number of ether oxygens (including phenoxy) is 1. The van der Waals surface area contributed by atoms with Crippen LogP contribution >= 0.6 is 0 Å². The second kappa shape index (κ2) is 5.27. The zero-order valence-electron chi connectivity index (χ0n) is 9.08. The summed E-state index contributed by atoms with van der Waals surface area (Å²) in [5.74, 6) is -0.178.